The van der Waals surface area contributed by atoms with Gasteiger partial charge < -0.3 is 10.1 Å². The van der Waals surface area contributed by atoms with Crippen molar-refractivity contribution in [2.24, 2.45) is 5.92 Å². The minimum Gasteiger partial charge on any atom is -0.381 e. The van der Waals surface area contributed by atoms with E-state index in [1.165, 1.54) is 6.07 Å². The topological polar surface area (TPSA) is 21.3 Å². The van der Waals surface area contributed by atoms with E-state index in [-0.39, 0.29) is 11.2 Å². The first-order chi connectivity index (χ1) is 9.55. The SMILES string of the molecule is CC(C)CNCC1(c2c(F)cccc2Cl)CCOCC1. The fraction of sp³-hybridized carbons (Fsp3) is 0.625. The van der Waals surface area contributed by atoms with Gasteiger partial charge in [-0.2, -0.15) is 0 Å². The second-order valence-corrected chi connectivity index (χ2v) is 6.42. The molecule has 1 N–H and O–H groups in total. The minimum atomic E-state index is -0.254. The van der Waals surface area contributed by atoms with Gasteiger partial charge in [0.25, 0.3) is 0 Å². The van der Waals surface area contributed by atoms with Gasteiger partial charge in [-0.05, 0) is 37.4 Å². The van der Waals surface area contributed by atoms with E-state index in [9.17, 15) is 4.39 Å². The average Bonchev–Trinajstić information content (AvgIpc) is 2.39. The van der Waals surface area contributed by atoms with Crippen LogP contribution in [0.1, 0.15) is 32.3 Å². The highest BCUT2D eigenvalue weighted by Crippen LogP contribution is 2.39. The Morgan fingerprint density at radius 3 is 2.65 bits per heavy atom. The Hall–Kier alpha value is -0.640. The van der Waals surface area contributed by atoms with Gasteiger partial charge in [0.2, 0.25) is 0 Å². The second-order valence-electron chi connectivity index (χ2n) is 6.01. The van der Waals surface area contributed by atoms with E-state index in [1.54, 1.807) is 12.1 Å². The molecule has 0 aromatic heterocycles. The number of hydrogen-bond acceptors (Lipinski definition) is 2. The molecule has 20 heavy (non-hydrogen) atoms. The van der Waals surface area contributed by atoms with Gasteiger partial charge in [0.1, 0.15) is 5.82 Å². The van der Waals surface area contributed by atoms with Gasteiger partial charge in [-0.15, -0.1) is 0 Å². The zero-order valence-electron chi connectivity index (χ0n) is 12.2. The normalized spacial score (nSPS) is 18.4. The zero-order valence-corrected chi connectivity index (χ0v) is 13.0. The molecule has 0 unspecified atom stereocenters. The summed E-state index contributed by atoms with van der Waals surface area (Å²) in [6.07, 6.45) is 1.61. The highest BCUT2D eigenvalue weighted by Gasteiger charge is 2.37. The van der Waals surface area contributed by atoms with Gasteiger partial charge in [-0.3, -0.25) is 0 Å². The molecule has 0 bridgehead atoms. The fourth-order valence-electron chi connectivity index (χ4n) is 2.88. The van der Waals surface area contributed by atoms with Gasteiger partial charge in [0.15, 0.2) is 0 Å². The highest BCUT2D eigenvalue weighted by atomic mass is 35.5. The fourth-order valence-corrected chi connectivity index (χ4v) is 3.25. The first-order valence-corrected chi connectivity index (χ1v) is 7.66. The maximum Gasteiger partial charge on any atom is 0.128 e. The molecule has 1 fully saturated rings. The van der Waals surface area contributed by atoms with Crippen LogP contribution in [-0.4, -0.2) is 26.3 Å². The number of benzene rings is 1. The van der Waals surface area contributed by atoms with Crippen LogP contribution in [0.5, 0.6) is 0 Å². The van der Waals surface area contributed by atoms with Crippen molar-refractivity contribution in [1.29, 1.82) is 0 Å². The van der Waals surface area contributed by atoms with Gasteiger partial charge in [-0.1, -0.05) is 31.5 Å². The summed E-state index contributed by atoms with van der Waals surface area (Å²) in [5.41, 5.74) is 0.400. The molecule has 2 nitrogen and oxygen atoms in total. The lowest BCUT2D eigenvalue weighted by molar-refractivity contribution is 0.0485. The molecule has 1 heterocycles. The molecule has 0 aliphatic carbocycles. The van der Waals surface area contributed by atoms with Gasteiger partial charge in [0.05, 0.1) is 0 Å². The van der Waals surface area contributed by atoms with Crippen LogP contribution >= 0.6 is 11.6 Å². The van der Waals surface area contributed by atoms with Crippen LogP contribution in [-0.2, 0) is 10.2 Å². The number of rotatable bonds is 5. The molecule has 1 aromatic carbocycles. The Balaban J connectivity index is 2.26. The molecule has 0 atom stereocenters. The molecule has 1 aromatic rings. The lowest BCUT2D eigenvalue weighted by atomic mass is 9.73. The van der Waals surface area contributed by atoms with Crippen molar-refractivity contribution in [3.8, 4) is 0 Å². The zero-order chi connectivity index (χ0) is 14.6. The third-order valence-electron chi connectivity index (χ3n) is 3.96. The molecule has 0 amide bonds. The number of ether oxygens (including phenoxy) is 1. The molecule has 2 rings (SSSR count). The highest BCUT2D eigenvalue weighted by molar-refractivity contribution is 6.31. The molecular formula is C16H23ClFNO. The lowest BCUT2D eigenvalue weighted by Gasteiger charge is -2.39. The predicted molar refractivity (Wildman–Crippen MR) is 80.8 cm³/mol. The summed E-state index contributed by atoms with van der Waals surface area (Å²) in [5, 5.41) is 3.99. The first kappa shape index (κ1) is 15.7. The van der Waals surface area contributed by atoms with Crippen LogP contribution in [0.3, 0.4) is 0 Å². The van der Waals surface area contributed by atoms with E-state index < -0.39 is 0 Å². The average molecular weight is 300 g/mol. The Labute approximate surface area is 125 Å². The summed E-state index contributed by atoms with van der Waals surface area (Å²) < 4.78 is 19.8. The van der Waals surface area contributed by atoms with E-state index >= 15 is 0 Å². The predicted octanol–water partition coefficient (Wildman–Crippen LogP) is 3.77. The summed E-state index contributed by atoms with van der Waals surface area (Å²) in [6.45, 7) is 7.32. The largest absolute Gasteiger partial charge is 0.381 e. The second kappa shape index (κ2) is 6.88. The van der Waals surface area contributed by atoms with E-state index in [4.69, 9.17) is 16.3 Å². The van der Waals surface area contributed by atoms with Crippen LogP contribution in [0.2, 0.25) is 5.02 Å². The van der Waals surface area contributed by atoms with Crippen LogP contribution < -0.4 is 5.32 Å². The molecule has 4 heteroatoms. The Morgan fingerprint density at radius 1 is 1.35 bits per heavy atom. The van der Waals surface area contributed by atoms with Crippen molar-refractivity contribution in [2.75, 3.05) is 26.3 Å². The quantitative estimate of drug-likeness (QED) is 0.893. The molecule has 1 aliphatic heterocycles. The molecule has 0 saturated carbocycles. The van der Waals surface area contributed by atoms with Crippen molar-refractivity contribution in [1.82, 2.24) is 5.32 Å². The van der Waals surface area contributed by atoms with Crippen molar-refractivity contribution in [3.63, 3.8) is 0 Å². The standard InChI is InChI=1S/C16H23ClFNO/c1-12(2)10-19-11-16(6-8-20-9-7-16)15-13(17)4-3-5-14(15)18/h3-5,12,19H,6-11H2,1-2H3. The smallest absolute Gasteiger partial charge is 0.128 e. The maximum absolute atomic E-state index is 14.3. The summed E-state index contributed by atoms with van der Waals surface area (Å²) in [6, 6.07) is 4.94. The molecule has 1 aliphatic rings. The summed E-state index contributed by atoms with van der Waals surface area (Å²) >= 11 is 6.29. The van der Waals surface area contributed by atoms with Crippen molar-refractivity contribution in [3.05, 3.63) is 34.6 Å². The van der Waals surface area contributed by atoms with Crippen molar-refractivity contribution < 1.29 is 9.13 Å². The van der Waals surface area contributed by atoms with Gasteiger partial charge >= 0.3 is 0 Å². The monoisotopic (exact) mass is 299 g/mol. The van der Waals surface area contributed by atoms with Crippen LogP contribution in [0.15, 0.2) is 18.2 Å². The Bertz CT molecular complexity index is 424. The summed E-state index contributed by atoms with van der Waals surface area (Å²) in [5.74, 6) is 0.369. The third-order valence-corrected chi connectivity index (χ3v) is 4.27. The van der Waals surface area contributed by atoms with Gasteiger partial charge in [0, 0.05) is 35.8 Å². The van der Waals surface area contributed by atoms with E-state index in [0.29, 0.717) is 29.7 Å². The Morgan fingerprint density at radius 2 is 2.05 bits per heavy atom. The summed E-state index contributed by atoms with van der Waals surface area (Å²) in [7, 11) is 0. The molecule has 1 saturated heterocycles. The van der Waals surface area contributed by atoms with E-state index in [0.717, 1.165) is 25.9 Å². The number of halogens is 2. The van der Waals surface area contributed by atoms with E-state index in [1.807, 2.05) is 0 Å². The Kier molecular flexibility index (Phi) is 5.42. The molecule has 112 valence electrons. The van der Waals surface area contributed by atoms with Crippen molar-refractivity contribution in [2.45, 2.75) is 32.1 Å². The number of hydrogen-bond donors (Lipinski definition) is 1. The van der Waals surface area contributed by atoms with Gasteiger partial charge in [-0.25, -0.2) is 4.39 Å². The third kappa shape index (κ3) is 3.51. The number of nitrogens with one attached hydrogen (secondary N) is 1. The minimum absolute atomic E-state index is 0.203. The maximum atomic E-state index is 14.3. The van der Waals surface area contributed by atoms with Crippen LogP contribution in [0.4, 0.5) is 4.39 Å². The van der Waals surface area contributed by atoms with Crippen LogP contribution in [0, 0.1) is 11.7 Å². The molecule has 0 spiro atoms. The van der Waals surface area contributed by atoms with Crippen molar-refractivity contribution >= 4 is 11.6 Å². The van der Waals surface area contributed by atoms with E-state index in [2.05, 4.69) is 19.2 Å². The summed E-state index contributed by atoms with van der Waals surface area (Å²) in [4.78, 5) is 0. The molecular weight excluding hydrogens is 277 g/mol. The van der Waals surface area contributed by atoms with Crippen LogP contribution in [0.25, 0.3) is 0 Å². The first-order valence-electron chi connectivity index (χ1n) is 7.28. The molecule has 0 radical (unpaired) electrons. The lowest BCUT2D eigenvalue weighted by Crippen LogP contribution is -2.44.